The van der Waals surface area contributed by atoms with Crippen LogP contribution in [0.4, 0.5) is 11.6 Å². The highest BCUT2D eigenvalue weighted by atomic mass is 16.5. The maximum atomic E-state index is 12.4. The first-order chi connectivity index (χ1) is 10.7. The van der Waals surface area contributed by atoms with E-state index in [9.17, 15) is 4.79 Å². The molecule has 1 aromatic heterocycles. The second-order valence-corrected chi connectivity index (χ2v) is 4.63. The Labute approximate surface area is 127 Å². The molecule has 0 spiro atoms. The van der Waals surface area contributed by atoms with Gasteiger partial charge in [-0.2, -0.15) is 0 Å². The number of rotatable bonds is 3. The Morgan fingerprint density at radius 1 is 1.09 bits per heavy atom. The molecule has 2 aromatic carbocycles. The van der Waals surface area contributed by atoms with Crippen molar-refractivity contribution in [3.05, 3.63) is 54.2 Å². The van der Waals surface area contributed by atoms with Gasteiger partial charge in [0.2, 0.25) is 5.95 Å². The minimum absolute atomic E-state index is 0.0681. The van der Waals surface area contributed by atoms with Gasteiger partial charge in [0.25, 0.3) is 5.91 Å². The van der Waals surface area contributed by atoms with Crippen LogP contribution >= 0.6 is 0 Å². The Hall–Kier alpha value is -3.15. The Morgan fingerprint density at radius 3 is 2.55 bits per heavy atom. The molecule has 110 valence electrons. The molecule has 0 fully saturated rings. The maximum absolute atomic E-state index is 12.4. The minimum atomic E-state index is -0.338. The van der Waals surface area contributed by atoms with Crippen molar-refractivity contribution in [2.24, 2.45) is 0 Å². The summed E-state index contributed by atoms with van der Waals surface area (Å²) in [6, 6.07) is 14.3. The second-order valence-electron chi connectivity index (χ2n) is 4.63. The summed E-state index contributed by atoms with van der Waals surface area (Å²) in [5, 5.41) is 3.44. The molecule has 0 unspecified atom stereocenters. The van der Waals surface area contributed by atoms with Crippen LogP contribution < -0.4 is 15.8 Å². The third-order valence-electron chi connectivity index (χ3n) is 3.18. The topological polar surface area (TPSA) is 90.1 Å². The van der Waals surface area contributed by atoms with E-state index < -0.39 is 0 Å². The number of ether oxygens (including phenoxy) is 1. The number of carbonyl (C=O) groups is 1. The van der Waals surface area contributed by atoms with Gasteiger partial charge in [-0.1, -0.05) is 18.2 Å². The summed E-state index contributed by atoms with van der Waals surface area (Å²) in [6.45, 7) is 0. The van der Waals surface area contributed by atoms with Crippen molar-refractivity contribution >= 4 is 28.4 Å². The fourth-order valence-corrected chi connectivity index (χ4v) is 2.13. The third-order valence-corrected chi connectivity index (χ3v) is 3.18. The first-order valence-corrected chi connectivity index (χ1v) is 6.65. The lowest BCUT2D eigenvalue weighted by molar-refractivity contribution is 0.102. The molecule has 1 amide bonds. The first-order valence-electron chi connectivity index (χ1n) is 6.65. The van der Waals surface area contributed by atoms with Crippen LogP contribution in [0.3, 0.4) is 0 Å². The van der Waals surface area contributed by atoms with Crippen molar-refractivity contribution < 1.29 is 9.53 Å². The monoisotopic (exact) mass is 294 g/mol. The normalized spacial score (nSPS) is 10.4. The van der Waals surface area contributed by atoms with Crippen molar-refractivity contribution in [3.8, 4) is 5.75 Å². The number of hydrogen-bond acceptors (Lipinski definition) is 5. The van der Waals surface area contributed by atoms with Gasteiger partial charge >= 0.3 is 0 Å². The van der Waals surface area contributed by atoms with Crippen LogP contribution in [-0.2, 0) is 0 Å². The quantitative estimate of drug-likeness (QED) is 0.774. The molecule has 0 aliphatic heterocycles. The van der Waals surface area contributed by atoms with E-state index in [1.165, 1.54) is 0 Å². The molecule has 3 rings (SSSR count). The number of aromatic nitrogens is 2. The molecule has 0 aliphatic carbocycles. The Morgan fingerprint density at radius 2 is 1.82 bits per heavy atom. The van der Waals surface area contributed by atoms with Crippen LogP contribution in [-0.4, -0.2) is 23.0 Å². The van der Waals surface area contributed by atoms with Crippen molar-refractivity contribution in [1.82, 2.24) is 9.97 Å². The largest absolute Gasteiger partial charge is 0.497 e. The number of nitrogen functional groups attached to an aromatic ring is 1. The van der Waals surface area contributed by atoms with Crippen LogP contribution in [0.25, 0.3) is 10.9 Å². The van der Waals surface area contributed by atoms with Gasteiger partial charge in [0, 0.05) is 11.1 Å². The number of anilines is 2. The molecule has 0 atom stereocenters. The number of nitrogens with two attached hydrogens (primary N) is 1. The first kappa shape index (κ1) is 13.8. The predicted molar refractivity (Wildman–Crippen MR) is 84.9 cm³/mol. The van der Waals surface area contributed by atoms with Crippen LogP contribution in [0.2, 0.25) is 0 Å². The van der Waals surface area contributed by atoms with E-state index in [-0.39, 0.29) is 17.5 Å². The van der Waals surface area contributed by atoms with E-state index in [0.29, 0.717) is 16.6 Å². The zero-order valence-electron chi connectivity index (χ0n) is 11.9. The average molecular weight is 294 g/mol. The zero-order valence-corrected chi connectivity index (χ0v) is 11.9. The Bertz CT molecular complexity index is 831. The number of fused-ring (bicyclic) bond motifs is 1. The summed E-state index contributed by atoms with van der Waals surface area (Å²) < 4.78 is 5.08. The third kappa shape index (κ3) is 2.67. The molecule has 0 aliphatic rings. The fraction of sp³-hybridized carbons (Fsp3) is 0.0625. The molecule has 6 nitrogen and oxygen atoms in total. The van der Waals surface area contributed by atoms with E-state index in [0.717, 1.165) is 5.75 Å². The van der Waals surface area contributed by atoms with Crippen LogP contribution in [0.5, 0.6) is 5.75 Å². The summed E-state index contributed by atoms with van der Waals surface area (Å²) >= 11 is 0. The van der Waals surface area contributed by atoms with Gasteiger partial charge in [0.1, 0.15) is 11.4 Å². The van der Waals surface area contributed by atoms with Gasteiger partial charge in [0.05, 0.1) is 12.6 Å². The van der Waals surface area contributed by atoms with Gasteiger partial charge in [0.15, 0.2) is 0 Å². The van der Waals surface area contributed by atoms with E-state index in [1.807, 2.05) is 12.1 Å². The lowest BCUT2D eigenvalue weighted by Crippen LogP contribution is -2.15. The van der Waals surface area contributed by atoms with E-state index in [1.54, 1.807) is 43.5 Å². The van der Waals surface area contributed by atoms with Gasteiger partial charge < -0.3 is 15.8 Å². The van der Waals surface area contributed by atoms with Gasteiger partial charge in [-0.3, -0.25) is 4.79 Å². The maximum Gasteiger partial charge on any atom is 0.275 e. The highest BCUT2D eigenvalue weighted by Crippen LogP contribution is 2.19. The standard InChI is InChI=1S/C16H14N4O2/c1-22-11-8-6-10(7-9-11)18-15(21)14-12-4-2-3-5-13(12)19-16(17)20-14/h2-9H,1H3,(H,18,21)(H2,17,19,20). The van der Waals surface area contributed by atoms with Gasteiger partial charge in [-0.05, 0) is 30.3 Å². The lowest BCUT2D eigenvalue weighted by atomic mass is 10.1. The number of amides is 1. The molecule has 1 heterocycles. The van der Waals surface area contributed by atoms with E-state index in [4.69, 9.17) is 10.5 Å². The molecule has 0 saturated carbocycles. The number of hydrogen-bond donors (Lipinski definition) is 2. The number of methoxy groups -OCH3 is 1. The molecular formula is C16H14N4O2. The van der Waals surface area contributed by atoms with Crippen LogP contribution in [0, 0.1) is 0 Å². The van der Waals surface area contributed by atoms with E-state index >= 15 is 0 Å². The summed E-state index contributed by atoms with van der Waals surface area (Å²) in [6.07, 6.45) is 0. The molecule has 6 heteroatoms. The SMILES string of the molecule is COc1ccc(NC(=O)c2nc(N)nc3ccccc23)cc1. The number of para-hydroxylation sites is 1. The highest BCUT2D eigenvalue weighted by Gasteiger charge is 2.14. The average Bonchev–Trinajstić information content (AvgIpc) is 2.54. The molecule has 0 bridgehead atoms. The summed E-state index contributed by atoms with van der Waals surface area (Å²) in [7, 11) is 1.59. The number of benzene rings is 2. The fourth-order valence-electron chi connectivity index (χ4n) is 2.13. The molecule has 3 N–H and O–H groups in total. The van der Waals surface area contributed by atoms with Crippen LogP contribution in [0.15, 0.2) is 48.5 Å². The Balaban J connectivity index is 1.94. The predicted octanol–water partition coefficient (Wildman–Crippen LogP) is 2.47. The second kappa shape index (κ2) is 5.69. The van der Waals surface area contributed by atoms with Crippen molar-refractivity contribution in [2.45, 2.75) is 0 Å². The van der Waals surface area contributed by atoms with Crippen molar-refractivity contribution in [3.63, 3.8) is 0 Å². The van der Waals surface area contributed by atoms with Crippen molar-refractivity contribution in [1.29, 1.82) is 0 Å². The molecular weight excluding hydrogens is 280 g/mol. The summed E-state index contributed by atoms with van der Waals surface area (Å²) in [4.78, 5) is 20.6. The number of nitrogens with zero attached hydrogens (tertiary/aromatic N) is 2. The lowest BCUT2D eigenvalue weighted by Gasteiger charge is -2.08. The summed E-state index contributed by atoms with van der Waals surface area (Å²) in [5.74, 6) is 0.448. The molecule has 22 heavy (non-hydrogen) atoms. The number of carbonyl (C=O) groups excluding carboxylic acids is 1. The molecule has 0 saturated heterocycles. The van der Waals surface area contributed by atoms with E-state index in [2.05, 4.69) is 15.3 Å². The smallest absolute Gasteiger partial charge is 0.275 e. The number of nitrogens with one attached hydrogen (secondary N) is 1. The van der Waals surface area contributed by atoms with Crippen LogP contribution in [0.1, 0.15) is 10.5 Å². The van der Waals surface area contributed by atoms with Gasteiger partial charge in [-0.25, -0.2) is 9.97 Å². The Kier molecular flexibility index (Phi) is 3.57. The van der Waals surface area contributed by atoms with Crippen molar-refractivity contribution in [2.75, 3.05) is 18.2 Å². The van der Waals surface area contributed by atoms with Gasteiger partial charge in [-0.15, -0.1) is 0 Å². The summed E-state index contributed by atoms with van der Waals surface area (Å²) in [5.41, 5.74) is 7.20. The minimum Gasteiger partial charge on any atom is -0.497 e. The molecule has 3 aromatic rings. The molecule has 0 radical (unpaired) electrons. The highest BCUT2D eigenvalue weighted by molar-refractivity contribution is 6.11. The zero-order chi connectivity index (χ0) is 15.5.